The van der Waals surface area contributed by atoms with Crippen LogP contribution in [0.15, 0.2) is 18.2 Å². The van der Waals surface area contributed by atoms with Gasteiger partial charge in [-0.05, 0) is 12.1 Å². The minimum absolute atomic E-state index is 0.0379. The van der Waals surface area contributed by atoms with E-state index >= 15 is 0 Å². The smallest absolute Gasteiger partial charge is 0.225 e. The lowest BCUT2D eigenvalue weighted by Gasteiger charge is -2.10. The minimum Gasteiger partial charge on any atom is -0.493 e. The van der Waals surface area contributed by atoms with E-state index < -0.39 is 0 Å². The molecule has 0 atom stereocenters. The third-order valence-electron chi connectivity index (χ3n) is 1.99. The van der Waals surface area contributed by atoms with Gasteiger partial charge in [0.2, 0.25) is 5.91 Å². The summed E-state index contributed by atoms with van der Waals surface area (Å²) in [5, 5.41) is 3.41. The van der Waals surface area contributed by atoms with Gasteiger partial charge in [-0.15, -0.1) is 0 Å². The second-order valence-corrected chi connectivity index (χ2v) is 3.85. The van der Waals surface area contributed by atoms with Gasteiger partial charge in [-0.1, -0.05) is 15.9 Å². The van der Waals surface area contributed by atoms with Crippen molar-refractivity contribution in [2.24, 2.45) is 0 Å². The SMILES string of the molecule is COc1ccc(NC(=O)CCBr)cc1OC. The molecule has 1 aromatic carbocycles. The predicted molar refractivity (Wildman–Crippen MR) is 66.6 cm³/mol. The van der Waals surface area contributed by atoms with Gasteiger partial charge in [0.05, 0.1) is 14.2 Å². The molecule has 0 radical (unpaired) electrons. The molecular formula is C11H14BrNO3. The van der Waals surface area contributed by atoms with E-state index in [9.17, 15) is 4.79 Å². The lowest BCUT2D eigenvalue weighted by atomic mass is 10.2. The first-order valence-corrected chi connectivity index (χ1v) is 5.91. The summed E-state index contributed by atoms with van der Waals surface area (Å²) in [6.45, 7) is 0. The van der Waals surface area contributed by atoms with Crippen LogP contribution in [0.25, 0.3) is 0 Å². The number of nitrogens with one attached hydrogen (secondary N) is 1. The maximum Gasteiger partial charge on any atom is 0.225 e. The first-order valence-electron chi connectivity index (χ1n) is 4.79. The summed E-state index contributed by atoms with van der Waals surface area (Å²) in [5.41, 5.74) is 0.698. The molecule has 1 aromatic rings. The molecule has 0 aliphatic heterocycles. The van der Waals surface area contributed by atoms with Crippen LogP contribution in [0.3, 0.4) is 0 Å². The number of ether oxygens (including phenoxy) is 2. The number of hydrogen-bond acceptors (Lipinski definition) is 3. The fourth-order valence-corrected chi connectivity index (χ4v) is 1.58. The Morgan fingerprint density at radius 2 is 2.00 bits per heavy atom. The van der Waals surface area contributed by atoms with E-state index in [0.717, 1.165) is 0 Å². The summed E-state index contributed by atoms with van der Waals surface area (Å²) < 4.78 is 10.2. The molecule has 0 fully saturated rings. The number of hydrogen-bond donors (Lipinski definition) is 1. The number of alkyl halides is 1. The fourth-order valence-electron chi connectivity index (χ4n) is 1.22. The van der Waals surface area contributed by atoms with Gasteiger partial charge in [-0.25, -0.2) is 0 Å². The van der Waals surface area contributed by atoms with E-state index in [1.807, 2.05) is 0 Å². The molecule has 0 aliphatic rings. The van der Waals surface area contributed by atoms with Crippen molar-refractivity contribution in [2.75, 3.05) is 24.9 Å². The van der Waals surface area contributed by atoms with Crippen LogP contribution in [0.2, 0.25) is 0 Å². The molecule has 0 aliphatic carbocycles. The molecular weight excluding hydrogens is 274 g/mol. The van der Waals surface area contributed by atoms with Crippen LogP contribution in [-0.2, 0) is 4.79 Å². The standard InChI is InChI=1S/C11H14BrNO3/c1-15-9-4-3-8(7-10(9)16-2)13-11(14)5-6-12/h3-4,7H,5-6H2,1-2H3,(H,13,14). The van der Waals surface area contributed by atoms with Gasteiger partial charge in [0.25, 0.3) is 0 Å². The zero-order valence-corrected chi connectivity index (χ0v) is 10.8. The zero-order chi connectivity index (χ0) is 12.0. The van der Waals surface area contributed by atoms with Crippen LogP contribution in [0.4, 0.5) is 5.69 Å². The molecule has 16 heavy (non-hydrogen) atoms. The van der Waals surface area contributed by atoms with Crippen molar-refractivity contribution in [3.63, 3.8) is 0 Å². The molecule has 0 spiro atoms. The van der Waals surface area contributed by atoms with E-state index in [1.165, 1.54) is 0 Å². The lowest BCUT2D eigenvalue weighted by molar-refractivity contribution is -0.115. The van der Waals surface area contributed by atoms with E-state index in [0.29, 0.717) is 28.9 Å². The summed E-state index contributed by atoms with van der Waals surface area (Å²) >= 11 is 3.21. The summed E-state index contributed by atoms with van der Waals surface area (Å²) in [4.78, 5) is 11.4. The van der Waals surface area contributed by atoms with E-state index in [1.54, 1.807) is 32.4 Å². The first kappa shape index (κ1) is 12.8. The number of anilines is 1. The average molecular weight is 288 g/mol. The van der Waals surface area contributed by atoms with Gasteiger partial charge < -0.3 is 14.8 Å². The maximum atomic E-state index is 11.4. The second kappa shape index (κ2) is 6.37. The number of carbonyl (C=O) groups excluding carboxylic acids is 1. The van der Waals surface area contributed by atoms with E-state index in [2.05, 4.69) is 21.2 Å². The summed E-state index contributed by atoms with van der Waals surface area (Å²) in [5.74, 6) is 1.20. The highest BCUT2D eigenvalue weighted by molar-refractivity contribution is 9.09. The van der Waals surface area contributed by atoms with Crippen molar-refractivity contribution in [2.45, 2.75) is 6.42 Å². The number of halogens is 1. The molecule has 0 heterocycles. The Morgan fingerprint density at radius 3 is 2.56 bits per heavy atom. The molecule has 0 aromatic heterocycles. The minimum atomic E-state index is -0.0379. The molecule has 5 heteroatoms. The van der Waals surface area contributed by atoms with Crippen LogP contribution < -0.4 is 14.8 Å². The van der Waals surface area contributed by atoms with Crippen molar-refractivity contribution in [3.05, 3.63) is 18.2 Å². The van der Waals surface area contributed by atoms with Crippen molar-refractivity contribution >= 4 is 27.5 Å². The third-order valence-corrected chi connectivity index (χ3v) is 2.39. The second-order valence-electron chi connectivity index (χ2n) is 3.06. The Bertz CT molecular complexity index is 368. The van der Waals surface area contributed by atoms with Crippen molar-refractivity contribution < 1.29 is 14.3 Å². The average Bonchev–Trinajstić information content (AvgIpc) is 2.29. The third kappa shape index (κ3) is 3.41. The zero-order valence-electron chi connectivity index (χ0n) is 9.25. The Balaban J connectivity index is 2.78. The Kier molecular flexibility index (Phi) is 5.11. The predicted octanol–water partition coefficient (Wildman–Crippen LogP) is 2.43. The largest absolute Gasteiger partial charge is 0.493 e. The van der Waals surface area contributed by atoms with Gasteiger partial charge in [0.1, 0.15) is 0 Å². The quantitative estimate of drug-likeness (QED) is 0.846. The Labute approximate surface area is 103 Å². The van der Waals surface area contributed by atoms with Crippen LogP contribution in [-0.4, -0.2) is 25.5 Å². The van der Waals surface area contributed by atoms with Crippen molar-refractivity contribution in [1.29, 1.82) is 0 Å². The first-order chi connectivity index (χ1) is 7.71. The van der Waals surface area contributed by atoms with Gasteiger partial charge in [0.15, 0.2) is 11.5 Å². The molecule has 1 rings (SSSR count). The van der Waals surface area contributed by atoms with Gasteiger partial charge in [0, 0.05) is 23.5 Å². The molecule has 1 N–H and O–H groups in total. The Morgan fingerprint density at radius 1 is 1.31 bits per heavy atom. The molecule has 88 valence electrons. The normalized spacial score (nSPS) is 9.69. The highest BCUT2D eigenvalue weighted by Gasteiger charge is 2.06. The van der Waals surface area contributed by atoms with Crippen LogP contribution in [0, 0.1) is 0 Å². The number of rotatable bonds is 5. The maximum absolute atomic E-state index is 11.4. The van der Waals surface area contributed by atoms with Crippen LogP contribution in [0.5, 0.6) is 11.5 Å². The topological polar surface area (TPSA) is 47.6 Å². The van der Waals surface area contributed by atoms with E-state index in [4.69, 9.17) is 9.47 Å². The van der Waals surface area contributed by atoms with Gasteiger partial charge >= 0.3 is 0 Å². The van der Waals surface area contributed by atoms with Gasteiger partial charge in [-0.3, -0.25) is 4.79 Å². The summed E-state index contributed by atoms with van der Waals surface area (Å²) in [6, 6.07) is 5.25. The number of carbonyl (C=O) groups is 1. The highest BCUT2D eigenvalue weighted by Crippen LogP contribution is 2.29. The van der Waals surface area contributed by atoms with Crippen LogP contribution in [0.1, 0.15) is 6.42 Å². The Hall–Kier alpha value is -1.23. The molecule has 4 nitrogen and oxygen atoms in total. The van der Waals surface area contributed by atoms with Crippen molar-refractivity contribution in [1.82, 2.24) is 0 Å². The molecule has 0 saturated heterocycles. The van der Waals surface area contributed by atoms with E-state index in [-0.39, 0.29) is 5.91 Å². The molecule has 0 saturated carbocycles. The molecule has 0 unspecified atom stereocenters. The monoisotopic (exact) mass is 287 g/mol. The molecule has 1 amide bonds. The molecule has 0 bridgehead atoms. The number of amides is 1. The summed E-state index contributed by atoms with van der Waals surface area (Å²) in [7, 11) is 3.13. The fraction of sp³-hybridized carbons (Fsp3) is 0.364. The highest BCUT2D eigenvalue weighted by atomic mass is 79.9. The van der Waals surface area contributed by atoms with Crippen molar-refractivity contribution in [3.8, 4) is 11.5 Å². The number of methoxy groups -OCH3 is 2. The lowest BCUT2D eigenvalue weighted by Crippen LogP contribution is -2.11. The van der Waals surface area contributed by atoms with Crippen LogP contribution >= 0.6 is 15.9 Å². The van der Waals surface area contributed by atoms with Gasteiger partial charge in [-0.2, -0.15) is 0 Å². The number of benzene rings is 1. The summed E-state index contributed by atoms with van der Waals surface area (Å²) in [6.07, 6.45) is 0.439.